The Labute approximate surface area is 130 Å². The molecule has 1 atom stereocenters. The number of hydrogen-bond donors (Lipinski definition) is 1. The number of piperazine rings is 1. The Morgan fingerprint density at radius 3 is 2.57 bits per heavy atom. The van der Waals surface area contributed by atoms with Crippen LogP contribution in [-0.2, 0) is 6.42 Å². The minimum atomic E-state index is 0.230. The summed E-state index contributed by atoms with van der Waals surface area (Å²) in [4.78, 5) is 4.98. The highest BCUT2D eigenvalue weighted by Crippen LogP contribution is 2.27. The summed E-state index contributed by atoms with van der Waals surface area (Å²) in [5.41, 5.74) is 10.4. The van der Waals surface area contributed by atoms with Gasteiger partial charge < -0.3 is 10.6 Å². The van der Waals surface area contributed by atoms with Crippen molar-refractivity contribution in [2.24, 2.45) is 5.73 Å². The van der Waals surface area contributed by atoms with E-state index in [0.29, 0.717) is 0 Å². The third-order valence-electron chi connectivity index (χ3n) is 4.94. The molecule has 1 heterocycles. The van der Waals surface area contributed by atoms with Crippen LogP contribution in [0.5, 0.6) is 0 Å². The first-order valence-electron chi connectivity index (χ1n) is 8.15. The summed E-state index contributed by atoms with van der Waals surface area (Å²) in [5.74, 6) is 0. The molecule has 21 heavy (non-hydrogen) atoms. The summed E-state index contributed by atoms with van der Waals surface area (Å²) in [6, 6.07) is 7.13. The van der Waals surface area contributed by atoms with Gasteiger partial charge in [0.25, 0.3) is 0 Å². The van der Waals surface area contributed by atoms with E-state index >= 15 is 0 Å². The number of anilines is 1. The largest absolute Gasteiger partial charge is 0.368 e. The van der Waals surface area contributed by atoms with Crippen molar-refractivity contribution in [1.82, 2.24) is 4.90 Å². The van der Waals surface area contributed by atoms with Gasteiger partial charge in [0.05, 0.1) is 0 Å². The molecule has 3 nitrogen and oxygen atoms in total. The highest BCUT2D eigenvalue weighted by Gasteiger charge is 2.31. The van der Waals surface area contributed by atoms with Crippen molar-refractivity contribution in [2.75, 3.05) is 31.6 Å². The van der Waals surface area contributed by atoms with Gasteiger partial charge in [-0.2, -0.15) is 0 Å². The van der Waals surface area contributed by atoms with Gasteiger partial charge in [-0.15, -0.1) is 0 Å². The van der Waals surface area contributed by atoms with E-state index in [1.165, 1.54) is 16.8 Å². The molecule has 2 N–H and O–H groups in total. The highest BCUT2D eigenvalue weighted by atomic mass is 15.3. The van der Waals surface area contributed by atoms with Crippen LogP contribution in [0.4, 0.5) is 5.69 Å². The van der Waals surface area contributed by atoms with E-state index in [1.807, 2.05) is 0 Å². The van der Waals surface area contributed by atoms with Crippen LogP contribution in [0.25, 0.3) is 0 Å². The summed E-state index contributed by atoms with van der Waals surface area (Å²) >= 11 is 0. The number of nitrogens with two attached hydrogens (primary N) is 1. The molecular weight excluding hydrogens is 258 g/mol. The lowest BCUT2D eigenvalue weighted by Crippen LogP contribution is -2.57. The van der Waals surface area contributed by atoms with Crippen molar-refractivity contribution in [1.29, 1.82) is 0 Å². The van der Waals surface area contributed by atoms with Crippen molar-refractivity contribution in [3.8, 4) is 0 Å². The smallest absolute Gasteiger partial charge is 0.0397 e. The van der Waals surface area contributed by atoms with Crippen LogP contribution in [0.2, 0.25) is 0 Å². The van der Waals surface area contributed by atoms with E-state index in [0.717, 1.165) is 32.5 Å². The van der Waals surface area contributed by atoms with Gasteiger partial charge in [0, 0.05) is 36.9 Å². The first kappa shape index (κ1) is 16.3. The van der Waals surface area contributed by atoms with E-state index in [9.17, 15) is 0 Å². The number of nitrogens with zero attached hydrogens (tertiary/aromatic N) is 2. The molecule has 1 aromatic rings. The molecule has 0 amide bonds. The molecule has 2 rings (SSSR count). The van der Waals surface area contributed by atoms with Gasteiger partial charge in [-0.1, -0.05) is 19.1 Å². The Bertz CT molecular complexity index is 481. The Hall–Kier alpha value is -1.06. The minimum Gasteiger partial charge on any atom is -0.368 e. The lowest BCUT2D eigenvalue weighted by Gasteiger charge is -2.46. The second kappa shape index (κ2) is 6.37. The molecule has 1 fully saturated rings. The van der Waals surface area contributed by atoms with Gasteiger partial charge in [0.1, 0.15) is 0 Å². The van der Waals surface area contributed by atoms with E-state index in [1.54, 1.807) is 0 Å². The second-order valence-electron chi connectivity index (χ2n) is 7.15. The number of rotatable bonds is 4. The van der Waals surface area contributed by atoms with Crippen molar-refractivity contribution in [2.45, 2.75) is 52.1 Å². The zero-order valence-electron chi connectivity index (χ0n) is 14.3. The molecule has 0 saturated carbocycles. The molecule has 0 spiro atoms. The standard InChI is InChI=1S/C18H31N3/c1-6-16(19)12-15-7-8-17(14(2)11-15)21-10-9-20(5)18(3,4)13-21/h7-8,11,16H,6,9-10,12-13,19H2,1-5H3. The minimum absolute atomic E-state index is 0.230. The van der Waals surface area contributed by atoms with Crippen LogP contribution < -0.4 is 10.6 Å². The maximum absolute atomic E-state index is 6.07. The lowest BCUT2D eigenvalue weighted by atomic mass is 9.97. The van der Waals surface area contributed by atoms with Gasteiger partial charge in [0.2, 0.25) is 0 Å². The zero-order chi connectivity index (χ0) is 15.6. The van der Waals surface area contributed by atoms with Crippen molar-refractivity contribution in [3.05, 3.63) is 29.3 Å². The number of aryl methyl sites for hydroxylation is 1. The molecule has 0 bridgehead atoms. The number of hydrogen-bond acceptors (Lipinski definition) is 3. The van der Waals surface area contributed by atoms with E-state index < -0.39 is 0 Å². The quantitative estimate of drug-likeness (QED) is 0.925. The summed E-state index contributed by atoms with van der Waals surface area (Å²) in [7, 11) is 2.22. The number of benzene rings is 1. The summed E-state index contributed by atoms with van der Waals surface area (Å²) in [6.45, 7) is 12.3. The fourth-order valence-electron chi connectivity index (χ4n) is 3.09. The Morgan fingerprint density at radius 2 is 2.00 bits per heavy atom. The van der Waals surface area contributed by atoms with Gasteiger partial charge in [0.15, 0.2) is 0 Å². The van der Waals surface area contributed by atoms with Crippen molar-refractivity contribution < 1.29 is 0 Å². The molecule has 0 aromatic heterocycles. The predicted molar refractivity (Wildman–Crippen MR) is 92.1 cm³/mol. The monoisotopic (exact) mass is 289 g/mol. The Balaban J connectivity index is 2.14. The molecule has 1 unspecified atom stereocenters. The molecule has 0 radical (unpaired) electrons. The topological polar surface area (TPSA) is 32.5 Å². The normalized spacial score (nSPS) is 20.6. The van der Waals surface area contributed by atoms with Crippen LogP contribution in [0.3, 0.4) is 0 Å². The van der Waals surface area contributed by atoms with E-state index in [-0.39, 0.29) is 11.6 Å². The average Bonchev–Trinajstić information content (AvgIpc) is 2.42. The molecule has 0 aliphatic carbocycles. The summed E-state index contributed by atoms with van der Waals surface area (Å²) in [6.07, 6.45) is 2.01. The Kier molecular flexibility index (Phi) is 4.95. The average molecular weight is 289 g/mol. The van der Waals surface area contributed by atoms with Gasteiger partial charge in [-0.3, -0.25) is 4.90 Å². The number of likely N-dealkylation sites (N-methyl/N-ethyl adjacent to an activating group) is 1. The molecule has 3 heteroatoms. The molecular formula is C18H31N3. The molecule has 1 aliphatic heterocycles. The van der Waals surface area contributed by atoms with Gasteiger partial charge in [-0.25, -0.2) is 0 Å². The van der Waals surface area contributed by atoms with E-state index in [4.69, 9.17) is 5.73 Å². The van der Waals surface area contributed by atoms with Crippen molar-refractivity contribution in [3.63, 3.8) is 0 Å². The zero-order valence-corrected chi connectivity index (χ0v) is 14.3. The SMILES string of the molecule is CCC(N)Cc1ccc(N2CCN(C)C(C)(C)C2)c(C)c1. The summed E-state index contributed by atoms with van der Waals surface area (Å²) in [5, 5.41) is 0. The maximum atomic E-state index is 6.07. The fraction of sp³-hybridized carbons (Fsp3) is 0.667. The molecule has 1 saturated heterocycles. The van der Waals surface area contributed by atoms with Crippen molar-refractivity contribution >= 4 is 5.69 Å². The molecule has 118 valence electrons. The van der Waals surface area contributed by atoms with E-state index in [2.05, 4.69) is 62.7 Å². The van der Waals surface area contributed by atoms with Crippen LogP contribution in [0.15, 0.2) is 18.2 Å². The summed E-state index contributed by atoms with van der Waals surface area (Å²) < 4.78 is 0. The first-order valence-corrected chi connectivity index (χ1v) is 8.15. The maximum Gasteiger partial charge on any atom is 0.0397 e. The first-order chi connectivity index (χ1) is 9.83. The second-order valence-corrected chi connectivity index (χ2v) is 7.15. The molecule has 1 aromatic carbocycles. The predicted octanol–water partition coefficient (Wildman–Crippen LogP) is 2.81. The molecule has 1 aliphatic rings. The Morgan fingerprint density at radius 1 is 1.29 bits per heavy atom. The highest BCUT2D eigenvalue weighted by molar-refractivity contribution is 5.55. The van der Waals surface area contributed by atoms with Crippen LogP contribution in [-0.4, -0.2) is 43.2 Å². The van der Waals surface area contributed by atoms with Crippen LogP contribution in [0.1, 0.15) is 38.3 Å². The van der Waals surface area contributed by atoms with Gasteiger partial charge >= 0.3 is 0 Å². The van der Waals surface area contributed by atoms with Gasteiger partial charge in [-0.05, 0) is 57.9 Å². The fourth-order valence-corrected chi connectivity index (χ4v) is 3.09. The van der Waals surface area contributed by atoms with Crippen LogP contribution in [0, 0.1) is 6.92 Å². The third kappa shape index (κ3) is 3.78. The lowest BCUT2D eigenvalue weighted by molar-refractivity contribution is 0.139. The third-order valence-corrected chi connectivity index (χ3v) is 4.94. The van der Waals surface area contributed by atoms with Crippen LogP contribution >= 0.6 is 0 Å².